The Labute approximate surface area is 158 Å². The number of carbonyl (C=O) groups is 2. The molecule has 0 fully saturated rings. The van der Waals surface area contributed by atoms with Crippen LogP contribution in [0.3, 0.4) is 0 Å². The number of anilines is 1. The predicted molar refractivity (Wildman–Crippen MR) is 101 cm³/mol. The number of rotatable bonds is 4. The van der Waals surface area contributed by atoms with Crippen molar-refractivity contribution in [1.29, 1.82) is 0 Å². The summed E-state index contributed by atoms with van der Waals surface area (Å²) in [5.41, 5.74) is 2.30. The third kappa shape index (κ3) is 3.90. The highest BCUT2D eigenvalue weighted by molar-refractivity contribution is 6.03. The predicted octanol–water partition coefficient (Wildman–Crippen LogP) is 4.02. The SMILES string of the molecule is CCOC(=O)c1ccc(NC(=O)c2oc3c(c2C)C(O)CC(C)(C)C3)cc1. The van der Waals surface area contributed by atoms with Crippen molar-refractivity contribution in [3.63, 3.8) is 0 Å². The van der Waals surface area contributed by atoms with Crippen LogP contribution in [0.2, 0.25) is 0 Å². The van der Waals surface area contributed by atoms with Crippen LogP contribution in [0, 0.1) is 12.3 Å². The lowest BCUT2D eigenvalue weighted by molar-refractivity contribution is 0.0526. The van der Waals surface area contributed by atoms with E-state index in [4.69, 9.17) is 9.15 Å². The Morgan fingerprint density at radius 1 is 1.30 bits per heavy atom. The quantitative estimate of drug-likeness (QED) is 0.793. The monoisotopic (exact) mass is 371 g/mol. The summed E-state index contributed by atoms with van der Waals surface area (Å²) in [5.74, 6) is 0.114. The molecule has 1 atom stereocenters. The van der Waals surface area contributed by atoms with E-state index in [1.807, 2.05) is 0 Å². The average Bonchev–Trinajstić information content (AvgIpc) is 2.91. The van der Waals surface area contributed by atoms with Crippen LogP contribution >= 0.6 is 0 Å². The number of fused-ring (bicyclic) bond motifs is 1. The fourth-order valence-electron chi connectivity index (χ4n) is 3.59. The Hall–Kier alpha value is -2.60. The minimum atomic E-state index is -0.627. The summed E-state index contributed by atoms with van der Waals surface area (Å²) in [6.07, 6.45) is 0.691. The first-order valence-corrected chi connectivity index (χ1v) is 9.10. The van der Waals surface area contributed by atoms with Gasteiger partial charge in [-0.25, -0.2) is 4.79 Å². The summed E-state index contributed by atoms with van der Waals surface area (Å²) < 4.78 is 10.8. The van der Waals surface area contributed by atoms with E-state index in [0.717, 1.165) is 5.56 Å². The van der Waals surface area contributed by atoms with Crippen molar-refractivity contribution in [2.24, 2.45) is 5.41 Å². The van der Waals surface area contributed by atoms with Crippen LogP contribution in [0.25, 0.3) is 0 Å². The van der Waals surface area contributed by atoms with E-state index in [-0.39, 0.29) is 17.1 Å². The minimum Gasteiger partial charge on any atom is -0.462 e. The maximum Gasteiger partial charge on any atom is 0.338 e. The van der Waals surface area contributed by atoms with Gasteiger partial charge < -0.3 is 19.6 Å². The largest absolute Gasteiger partial charge is 0.462 e. The van der Waals surface area contributed by atoms with Gasteiger partial charge in [0.15, 0.2) is 5.76 Å². The zero-order valence-electron chi connectivity index (χ0n) is 16.1. The van der Waals surface area contributed by atoms with Crippen LogP contribution in [0.15, 0.2) is 28.7 Å². The van der Waals surface area contributed by atoms with Gasteiger partial charge in [-0.05, 0) is 49.9 Å². The summed E-state index contributed by atoms with van der Waals surface area (Å²) >= 11 is 0. The second-order valence-corrected chi connectivity index (χ2v) is 7.71. The fraction of sp³-hybridized carbons (Fsp3) is 0.429. The standard InChI is InChI=1S/C21H25NO5/c1-5-26-20(25)13-6-8-14(9-7-13)22-19(24)18-12(2)17-15(23)10-21(3,4)11-16(17)27-18/h6-9,15,23H,5,10-11H2,1-4H3,(H,22,24). The Balaban J connectivity index is 1.79. The molecule has 3 rings (SSSR count). The van der Waals surface area contributed by atoms with Gasteiger partial charge in [0, 0.05) is 23.2 Å². The molecule has 2 N–H and O–H groups in total. The number of esters is 1. The van der Waals surface area contributed by atoms with Crippen molar-refractivity contribution < 1.29 is 23.8 Å². The van der Waals surface area contributed by atoms with Crippen LogP contribution in [0.1, 0.15) is 71.1 Å². The summed E-state index contributed by atoms with van der Waals surface area (Å²) in [6, 6.07) is 6.47. The van der Waals surface area contributed by atoms with Crippen molar-refractivity contribution in [2.45, 2.75) is 46.6 Å². The number of hydrogen-bond acceptors (Lipinski definition) is 5. The lowest BCUT2D eigenvalue weighted by Crippen LogP contribution is -2.24. The molecule has 144 valence electrons. The van der Waals surface area contributed by atoms with Crippen molar-refractivity contribution >= 4 is 17.6 Å². The third-order valence-corrected chi connectivity index (χ3v) is 4.85. The van der Waals surface area contributed by atoms with Crippen LogP contribution in [0.4, 0.5) is 5.69 Å². The van der Waals surface area contributed by atoms with Gasteiger partial charge >= 0.3 is 5.97 Å². The molecule has 0 bridgehead atoms. The maximum atomic E-state index is 12.7. The van der Waals surface area contributed by atoms with Gasteiger partial charge in [0.05, 0.1) is 18.3 Å². The number of carbonyl (C=O) groups excluding carboxylic acids is 2. The first kappa shape index (κ1) is 19.2. The number of hydrogen-bond donors (Lipinski definition) is 2. The number of furan rings is 1. The number of nitrogens with one attached hydrogen (secondary N) is 1. The Bertz CT molecular complexity index is 863. The fourth-order valence-corrected chi connectivity index (χ4v) is 3.59. The van der Waals surface area contributed by atoms with Crippen LogP contribution in [-0.4, -0.2) is 23.6 Å². The molecule has 0 aliphatic heterocycles. The molecule has 6 nitrogen and oxygen atoms in total. The first-order chi connectivity index (χ1) is 12.7. The molecule has 1 unspecified atom stereocenters. The first-order valence-electron chi connectivity index (χ1n) is 9.10. The van der Waals surface area contributed by atoms with Gasteiger partial charge in [-0.15, -0.1) is 0 Å². The lowest BCUT2D eigenvalue weighted by Gasteiger charge is -2.31. The molecule has 2 aromatic rings. The zero-order chi connectivity index (χ0) is 19.8. The highest BCUT2D eigenvalue weighted by Crippen LogP contribution is 2.44. The van der Waals surface area contributed by atoms with E-state index >= 15 is 0 Å². The van der Waals surface area contributed by atoms with Crippen molar-refractivity contribution in [2.75, 3.05) is 11.9 Å². The number of benzene rings is 1. The van der Waals surface area contributed by atoms with Gasteiger partial charge in [0.1, 0.15) is 5.76 Å². The Morgan fingerprint density at radius 3 is 2.59 bits per heavy atom. The molecule has 0 radical (unpaired) electrons. The molecular formula is C21H25NO5. The van der Waals surface area contributed by atoms with E-state index in [1.165, 1.54) is 0 Å². The molecule has 0 saturated heterocycles. The molecular weight excluding hydrogens is 346 g/mol. The summed E-state index contributed by atoms with van der Waals surface area (Å²) in [7, 11) is 0. The topological polar surface area (TPSA) is 88.8 Å². The molecule has 27 heavy (non-hydrogen) atoms. The lowest BCUT2D eigenvalue weighted by atomic mass is 9.75. The number of amides is 1. The molecule has 0 spiro atoms. The van der Waals surface area contributed by atoms with Gasteiger partial charge in [-0.1, -0.05) is 13.8 Å². The van der Waals surface area contributed by atoms with Gasteiger partial charge in [0.2, 0.25) is 0 Å². The molecule has 1 aromatic carbocycles. The number of ether oxygens (including phenoxy) is 1. The Morgan fingerprint density at radius 2 is 1.96 bits per heavy atom. The average molecular weight is 371 g/mol. The van der Waals surface area contributed by atoms with Gasteiger partial charge in [0.25, 0.3) is 5.91 Å². The van der Waals surface area contributed by atoms with E-state index in [1.54, 1.807) is 38.1 Å². The third-order valence-electron chi connectivity index (χ3n) is 4.85. The van der Waals surface area contributed by atoms with Crippen LogP contribution in [-0.2, 0) is 11.2 Å². The molecule has 1 heterocycles. The smallest absolute Gasteiger partial charge is 0.338 e. The van der Waals surface area contributed by atoms with Crippen molar-refractivity contribution in [1.82, 2.24) is 0 Å². The second-order valence-electron chi connectivity index (χ2n) is 7.71. The summed E-state index contributed by atoms with van der Waals surface area (Å²) in [6.45, 7) is 7.99. The van der Waals surface area contributed by atoms with E-state index in [2.05, 4.69) is 19.2 Å². The highest BCUT2D eigenvalue weighted by Gasteiger charge is 2.37. The van der Waals surface area contributed by atoms with Gasteiger partial charge in [-0.2, -0.15) is 0 Å². The maximum absolute atomic E-state index is 12.7. The normalized spacial score (nSPS) is 17.9. The van der Waals surface area contributed by atoms with Crippen molar-refractivity contribution in [3.8, 4) is 0 Å². The molecule has 0 saturated carbocycles. The summed E-state index contributed by atoms with van der Waals surface area (Å²) in [5, 5.41) is 13.2. The molecule has 1 amide bonds. The minimum absolute atomic E-state index is 0.0760. The molecule has 1 aliphatic rings. The number of aliphatic hydroxyl groups is 1. The summed E-state index contributed by atoms with van der Waals surface area (Å²) in [4.78, 5) is 24.4. The second kappa shape index (κ2) is 7.19. The Kier molecular flexibility index (Phi) is 5.11. The van der Waals surface area contributed by atoms with Crippen LogP contribution in [0.5, 0.6) is 0 Å². The zero-order valence-corrected chi connectivity index (χ0v) is 16.1. The van der Waals surface area contributed by atoms with Crippen LogP contribution < -0.4 is 5.32 Å². The molecule has 1 aliphatic carbocycles. The number of aliphatic hydroxyl groups excluding tert-OH is 1. The molecule has 1 aromatic heterocycles. The van der Waals surface area contributed by atoms with E-state index < -0.39 is 12.1 Å². The molecule has 6 heteroatoms. The van der Waals surface area contributed by atoms with E-state index in [9.17, 15) is 14.7 Å². The highest BCUT2D eigenvalue weighted by atomic mass is 16.5. The van der Waals surface area contributed by atoms with E-state index in [0.29, 0.717) is 42.0 Å². The van der Waals surface area contributed by atoms with Crippen molar-refractivity contribution in [3.05, 3.63) is 52.5 Å². The van der Waals surface area contributed by atoms with Gasteiger partial charge in [-0.3, -0.25) is 4.79 Å².